The number of thioether (sulfide) groups is 1. The van der Waals surface area contributed by atoms with E-state index in [-0.39, 0.29) is 17.4 Å². The van der Waals surface area contributed by atoms with Crippen LogP contribution in [0.15, 0.2) is 53.0 Å². The third kappa shape index (κ3) is 8.15. The lowest BCUT2D eigenvalue weighted by Crippen LogP contribution is -2.52. The molecule has 2 rings (SSSR count). The highest BCUT2D eigenvalue weighted by molar-refractivity contribution is 9.10. The third-order valence-electron chi connectivity index (χ3n) is 4.48. The van der Waals surface area contributed by atoms with Gasteiger partial charge in [0.25, 0.3) is 0 Å². The van der Waals surface area contributed by atoms with Gasteiger partial charge in [-0.3, -0.25) is 9.59 Å². The van der Waals surface area contributed by atoms with Crippen molar-refractivity contribution in [2.45, 2.75) is 58.5 Å². The fraction of sp³-hybridized carbons (Fsp3) is 0.417. The Kier molecular flexibility index (Phi) is 8.98. The zero-order valence-electron chi connectivity index (χ0n) is 18.4. The molecule has 2 aromatic carbocycles. The van der Waals surface area contributed by atoms with Crippen LogP contribution in [-0.4, -0.2) is 34.0 Å². The maximum absolute atomic E-state index is 13.1. The van der Waals surface area contributed by atoms with Crippen molar-refractivity contribution < 1.29 is 9.59 Å². The van der Waals surface area contributed by atoms with E-state index in [0.29, 0.717) is 12.3 Å². The predicted octanol–water partition coefficient (Wildman–Crippen LogP) is 5.32. The minimum atomic E-state index is -0.560. The lowest BCUT2D eigenvalue weighted by Gasteiger charge is -2.31. The van der Waals surface area contributed by atoms with E-state index in [4.69, 9.17) is 0 Å². The molecule has 0 aromatic heterocycles. The third-order valence-corrected chi connectivity index (χ3v) is 5.97. The molecule has 0 bridgehead atoms. The van der Waals surface area contributed by atoms with Gasteiger partial charge in [-0.05, 0) is 57.9 Å². The average molecular weight is 491 g/mol. The van der Waals surface area contributed by atoms with Crippen molar-refractivity contribution in [1.29, 1.82) is 0 Å². The Morgan fingerprint density at radius 2 is 1.77 bits per heavy atom. The maximum atomic E-state index is 13.1. The first kappa shape index (κ1) is 24.5. The van der Waals surface area contributed by atoms with Crippen LogP contribution < -0.4 is 5.32 Å². The first-order chi connectivity index (χ1) is 14.0. The molecule has 0 saturated carbocycles. The van der Waals surface area contributed by atoms with E-state index < -0.39 is 6.04 Å². The molecule has 0 aliphatic rings. The molecule has 0 heterocycles. The molecule has 0 spiro atoms. The normalized spacial score (nSPS) is 12.3. The van der Waals surface area contributed by atoms with Gasteiger partial charge >= 0.3 is 0 Å². The Hall–Kier alpha value is -1.79. The number of amides is 2. The van der Waals surface area contributed by atoms with E-state index in [9.17, 15) is 9.59 Å². The molecule has 1 atom stereocenters. The van der Waals surface area contributed by atoms with Gasteiger partial charge in [0.2, 0.25) is 11.8 Å². The first-order valence-electron chi connectivity index (χ1n) is 10.0. The Morgan fingerprint density at radius 3 is 2.40 bits per heavy atom. The Balaban J connectivity index is 2.10. The molecule has 30 heavy (non-hydrogen) atoms. The molecule has 162 valence electrons. The summed E-state index contributed by atoms with van der Waals surface area (Å²) in [5, 5.41) is 2.99. The van der Waals surface area contributed by atoms with Crippen molar-refractivity contribution in [3.63, 3.8) is 0 Å². The molecular weight excluding hydrogens is 460 g/mol. The van der Waals surface area contributed by atoms with Crippen LogP contribution in [0.3, 0.4) is 0 Å². The van der Waals surface area contributed by atoms with Gasteiger partial charge in [-0.2, -0.15) is 0 Å². The lowest BCUT2D eigenvalue weighted by molar-refractivity contribution is -0.139. The number of nitrogens with one attached hydrogen (secondary N) is 1. The summed E-state index contributed by atoms with van der Waals surface area (Å²) in [6.07, 6.45) is 0. The van der Waals surface area contributed by atoms with E-state index in [0.717, 1.165) is 15.8 Å². The molecule has 0 saturated heterocycles. The second-order valence-corrected chi connectivity index (χ2v) is 10.4. The minimum absolute atomic E-state index is 0.0378. The molecule has 0 radical (unpaired) electrons. The smallest absolute Gasteiger partial charge is 0.242 e. The fourth-order valence-electron chi connectivity index (χ4n) is 3.03. The highest BCUT2D eigenvalue weighted by atomic mass is 79.9. The maximum Gasteiger partial charge on any atom is 0.242 e. The highest BCUT2D eigenvalue weighted by Gasteiger charge is 2.28. The second kappa shape index (κ2) is 11.0. The summed E-state index contributed by atoms with van der Waals surface area (Å²) >= 11 is 5.06. The number of rotatable bonds is 8. The summed E-state index contributed by atoms with van der Waals surface area (Å²) < 4.78 is 0.952. The lowest BCUT2D eigenvalue weighted by atomic mass is 10.1. The van der Waals surface area contributed by atoms with E-state index in [1.807, 2.05) is 51.1 Å². The van der Waals surface area contributed by atoms with E-state index in [2.05, 4.69) is 46.4 Å². The summed E-state index contributed by atoms with van der Waals surface area (Å²) in [7, 11) is 0. The average Bonchev–Trinajstić information content (AvgIpc) is 2.64. The minimum Gasteiger partial charge on any atom is -0.350 e. The van der Waals surface area contributed by atoms with E-state index in [1.165, 1.54) is 11.1 Å². The van der Waals surface area contributed by atoms with Crippen LogP contribution in [0.5, 0.6) is 0 Å². The van der Waals surface area contributed by atoms with Gasteiger partial charge in [-0.15, -0.1) is 11.8 Å². The van der Waals surface area contributed by atoms with Gasteiger partial charge in [0.1, 0.15) is 6.04 Å². The van der Waals surface area contributed by atoms with Crippen molar-refractivity contribution in [2.24, 2.45) is 0 Å². The Bertz CT molecular complexity index is 880. The van der Waals surface area contributed by atoms with Gasteiger partial charge in [0.15, 0.2) is 0 Å². The van der Waals surface area contributed by atoms with Crippen molar-refractivity contribution in [3.8, 4) is 0 Å². The molecule has 0 unspecified atom stereocenters. The zero-order valence-corrected chi connectivity index (χ0v) is 20.8. The topological polar surface area (TPSA) is 49.4 Å². The summed E-state index contributed by atoms with van der Waals surface area (Å²) in [5.41, 5.74) is 3.04. The van der Waals surface area contributed by atoms with Crippen molar-refractivity contribution >= 4 is 39.5 Å². The quantitative estimate of drug-likeness (QED) is 0.544. The van der Waals surface area contributed by atoms with Crippen LogP contribution in [0.1, 0.15) is 44.4 Å². The van der Waals surface area contributed by atoms with Crippen LogP contribution in [0.2, 0.25) is 0 Å². The Morgan fingerprint density at radius 1 is 1.10 bits per heavy atom. The van der Waals surface area contributed by atoms with Crippen LogP contribution in [0, 0.1) is 6.92 Å². The number of benzene rings is 2. The van der Waals surface area contributed by atoms with Gasteiger partial charge in [-0.25, -0.2) is 0 Å². The fourth-order valence-corrected chi connectivity index (χ4v) is 4.33. The van der Waals surface area contributed by atoms with Gasteiger partial charge in [0.05, 0.1) is 5.75 Å². The molecule has 0 fully saturated rings. The van der Waals surface area contributed by atoms with Crippen LogP contribution in [-0.2, 0) is 21.9 Å². The van der Waals surface area contributed by atoms with Crippen LogP contribution >= 0.6 is 27.7 Å². The molecule has 4 nitrogen and oxygen atoms in total. The van der Waals surface area contributed by atoms with E-state index in [1.54, 1.807) is 23.6 Å². The summed E-state index contributed by atoms with van der Waals surface area (Å²) in [6.45, 7) is 10.1. The zero-order chi connectivity index (χ0) is 22.3. The van der Waals surface area contributed by atoms with Gasteiger partial charge in [0, 0.05) is 22.3 Å². The molecule has 2 aromatic rings. The molecular formula is C24H31BrN2O2S. The summed E-state index contributed by atoms with van der Waals surface area (Å²) in [5.74, 6) is 0.911. The monoisotopic (exact) mass is 490 g/mol. The first-order valence-corrected chi connectivity index (χ1v) is 12.0. The molecule has 0 aliphatic carbocycles. The van der Waals surface area contributed by atoms with E-state index >= 15 is 0 Å². The van der Waals surface area contributed by atoms with Crippen molar-refractivity contribution in [1.82, 2.24) is 10.2 Å². The van der Waals surface area contributed by atoms with Gasteiger partial charge < -0.3 is 10.2 Å². The highest BCUT2D eigenvalue weighted by Crippen LogP contribution is 2.19. The number of halogens is 1. The standard InChI is InChI=1S/C24H31BrN2O2S/c1-17-8-6-10-20(12-17)15-30-16-22(28)27(14-19-9-7-11-21(25)13-19)18(2)23(29)26-24(3,4)5/h6-13,18H,14-16H2,1-5H3,(H,26,29)/t18-/m0/s1. The summed E-state index contributed by atoms with van der Waals surface area (Å²) in [4.78, 5) is 27.6. The Labute approximate surface area is 192 Å². The molecule has 2 amide bonds. The number of carbonyl (C=O) groups excluding carboxylic acids is 2. The SMILES string of the molecule is Cc1cccc(CSCC(=O)N(Cc2cccc(Br)c2)[C@@H](C)C(=O)NC(C)(C)C)c1. The number of nitrogens with zero attached hydrogens (tertiary/aromatic N) is 1. The number of carbonyl (C=O) groups is 2. The van der Waals surface area contributed by atoms with Gasteiger partial charge in [-0.1, -0.05) is 57.9 Å². The predicted molar refractivity (Wildman–Crippen MR) is 129 cm³/mol. The molecule has 0 aliphatic heterocycles. The summed E-state index contributed by atoms with van der Waals surface area (Å²) in [6, 6.07) is 15.6. The van der Waals surface area contributed by atoms with Crippen molar-refractivity contribution in [3.05, 3.63) is 69.7 Å². The van der Waals surface area contributed by atoms with Crippen molar-refractivity contribution in [2.75, 3.05) is 5.75 Å². The number of hydrogen-bond acceptors (Lipinski definition) is 3. The number of hydrogen-bond donors (Lipinski definition) is 1. The number of aryl methyl sites for hydroxylation is 1. The second-order valence-electron chi connectivity index (χ2n) is 8.55. The van der Waals surface area contributed by atoms with Crippen LogP contribution in [0.25, 0.3) is 0 Å². The van der Waals surface area contributed by atoms with Crippen LogP contribution in [0.4, 0.5) is 0 Å². The largest absolute Gasteiger partial charge is 0.350 e. The molecule has 6 heteroatoms. The molecule has 1 N–H and O–H groups in total.